The molecule has 3 unspecified atom stereocenters. The Morgan fingerprint density at radius 2 is 1.91 bits per heavy atom. The number of anilines is 1. The van der Waals surface area contributed by atoms with Gasteiger partial charge in [-0.25, -0.2) is 14.5 Å². The third kappa shape index (κ3) is 5.00. The normalized spacial score (nSPS) is 25.3. The summed E-state index contributed by atoms with van der Waals surface area (Å²) in [4.78, 5) is 28.8. The van der Waals surface area contributed by atoms with Gasteiger partial charge in [0.2, 0.25) is 5.88 Å². The summed E-state index contributed by atoms with van der Waals surface area (Å²) in [6, 6.07) is 12.3. The Bertz CT molecular complexity index is 1790. The number of carbonyl (C=O) groups is 1. The van der Waals surface area contributed by atoms with Crippen LogP contribution in [0.15, 0.2) is 55.1 Å². The molecule has 0 saturated carbocycles. The maximum absolute atomic E-state index is 13.1. The molecular formula is C34H36N8O4. The predicted octanol–water partition coefficient (Wildman–Crippen LogP) is 2.98. The van der Waals surface area contributed by atoms with Crippen LogP contribution in [0, 0.1) is 29.1 Å². The molecule has 0 radical (unpaired) electrons. The number of ether oxygens (including phenoxy) is 3. The Labute approximate surface area is 267 Å². The van der Waals surface area contributed by atoms with Crippen LogP contribution in [-0.4, -0.2) is 107 Å². The molecule has 4 aromatic heterocycles. The van der Waals surface area contributed by atoms with Crippen LogP contribution in [0.25, 0.3) is 16.6 Å². The fourth-order valence-corrected chi connectivity index (χ4v) is 7.70. The molecule has 4 aromatic rings. The molecule has 0 aliphatic carbocycles. The fraction of sp³-hybridized carbons (Fsp3) is 0.441. The van der Waals surface area contributed by atoms with Crippen molar-refractivity contribution in [3.63, 3.8) is 0 Å². The predicted molar refractivity (Wildman–Crippen MR) is 169 cm³/mol. The second kappa shape index (κ2) is 11.6. The van der Waals surface area contributed by atoms with Crippen LogP contribution >= 0.6 is 0 Å². The molecule has 4 aliphatic rings. The Kier molecular flexibility index (Phi) is 7.22. The summed E-state index contributed by atoms with van der Waals surface area (Å²) in [5.74, 6) is 3.46. The van der Waals surface area contributed by atoms with E-state index in [1.807, 2.05) is 29.4 Å². The van der Waals surface area contributed by atoms with Gasteiger partial charge in [0.1, 0.15) is 24.2 Å². The summed E-state index contributed by atoms with van der Waals surface area (Å²) in [5.41, 5.74) is 3.57. The minimum atomic E-state index is 0.0139. The van der Waals surface area contributed by atoms with Crippen LogP contribution in [0.3, 0.4) is 0 Å². The maximum atomic E-state index is 13.1. The van der Waals surface area contributed by atoms with Crippen molar-refractivity contribution in [2.45, 2.75) is 19.1 Å². The number of carbonyl (C=O) groups excluding carboxylic acids is 1. The van der Waals surface area contributed by atoms with E-state index < -0.39 is 0 Å². The molecule has 12 heteroatoms. The molecule has 0 aromatic carbocycles. The number of aromatic nitrogens is 4. The molecule has 8 rings (SSSR count). The molecule has 236 valence electrons. The highest BCUT2D eigenvalue weighted by molar-refractivity contribution is 5.94. The Morgan fingerprint density at radius 1 is 1.07 bits per heavy atom. The number of hydrogen-bond donors (Lipinski definition) is 0. The van der Waals surface area contributed by atoms with E-state index >= 15 is 0 Å². The van der Waals surface area contributed by atoms with Gasteiger partial charge in [-0.1, -0.05) is 6.92 Å². The number of methoxy groups -OCH3 is 1. The van der Waals surface area contributed by atoms with Crippen molar-refractivity contribution in [1.29, 1.82) is 5.26 Å². The lowest BCUT2D eigenvalue weighted by Gasteiger charge is -2.26. The molecule has 4 saturated heterocycles. The van der Waals surface area contributed by atoms with Gasteiger partial charge in [-0.05, 0) is 24.3 Å². The molecule has 2 bridgehead atoms. The average molecular weight is 621 g/mol. The van der Waals surface area contributed by atoms with Gasteiger partial charge in [0.05, 0.1) is 48.9 Å². The number of amides is 1. The van der Waals surface area contributed by atoms with Crippen molar-refractivity contribution in [2.24, 2.45) is 17.8 Å². The highest BCUT2D eigenvalue weighted by atomic mass is 16.5. The molecule has 8 heterocycles. The van der Waals surface area contributed by atoms with E-state index in [9.17, 15) is 10.1 Å². The summed E-state index contributed by atoms with van der Waals surface area (Å²) < 4.78 is 18.9. The van der Waals surface area contributed by atoms with E-state index in [1.165, 1.54) is 0 Å². The number of pyridine rings is 3. The van der Waals surface area contributed by atoms with Gasteiger partial charge in [0, 0.05) is 92.7 Å². The molecule has 4 fully saturated rings. The highest BCUT2D eigenvalue weighted by Gasteiger charge is 2.45. The zero-order chi connectivity index (χ0) is 31.4. The van der Waals surface area contributed by atoms with Gasteiger partial charge in [-0.15, -0.1) is 0 Å². The third-order valence-electron chi connectivity index (χ3n) is 10.3. The quantitative estimate of drug-likeness (QED) is 0.291. The number of nitriles is 1. The van der Waals surface area contributed by atoms with Gasteiger partial charge in [0.25, 0.3) is 5.91 Å². The van der Waals surface area contributed by atoms with E-state index in [2.05, 4.69) is 38.9 Å². The highest BCUT2D eigenvalue weighted by Crippen LogP contribution is 2.36. The number of fused-ring (bicyclic) bond motifs is 4. The first kappa shape index (κ1) is 28.7. The van der Waals surface area contributed by atoms with Gasteiger partial charge in [-0.2, -0.15) is 10.4 Å². The van der Waals surface area contributed by atoms with Crippen molar-refractivity contribution in [1.82, 2.24) is 29.4 Å². The average Bonchev–Trinajstić information content (AvgIpc) is 3.91. The number of morpholine rings is 1. The summed E-state index contributed by atoms with van der Waals surface area (Å²) in [6.07, 6.45) is 7.21. The largest absolute Gasteiger partial charge is 0.491 e. The molecule has 5 atom stereocenters. The van der Waals surface area contributed by atoms with E-state index in [1.54, 1.807) is 36.2 Å². The number of rotatable bonds is 8. The van der Waals surface area contributed by atoms with Crippen LogP contribution in [0.5, 0.6) is 11.6 Å². The van der Waals surface area contributed by atoms with Crippen molar-refractivity contribution < 1.29 is 19.0 Å². The first-order valence-corrected chi connectivity index (χ1v) is 15.9. The fourth-order valence-electron chi connectivity index (χ4n) is 7.70. The number of nitrogens with zero attached hydrogens (tertiary/aromatic N) is 8. The number of likely N-dealkylation sites (tertiary alicyclic amines) is 2. The zero-order valence-corrected chi connectivity index (χ0v) is 26.0. The van der Waals surface area contributed by atoms with Crippen LogP contribution < -0.4 is 14.4 Å². The molecule has 1 amide bonds. The van der Waals surface area contributed by atoms with E-state index in [-0.39, 0.29) is 5.91 Å². The minimum Gasteiger partial charge on any atom is -0.491 e. The summed E-state index contributed by atoms with van der Waals surface area (Å²) in [5, 5.41) is 14.2. The second-order valence-corrected chi connectivity index (χ2v) is 12.8. The van der Waals surface area contributed by atoms with Crippen molar-refractivity contribution in [2.75, 3.05) is 64.5 Å². The third-order valence-corrected chi connectivity index (χ3v) is 10.3. The monoisotopic (exact) mass is 620 g/mol. The first-order valence-electron chi connectivity index (χ1n) is 15.9. The number of hydrogen-bond acceptors (Lipinski definition) is 10. The lowest BCUT2D eigenvalue weighted by Crippen LogP contribution is -2.39. The Morgan fingerprint density at radius 3 is 2.57 bits per heavy atom. The van der Waals surface area contributed by atoms with Crippen molar-refractivity contribution >= 4 is 17.2 Å². The van der Waals surface area contributed by atoms with E-state index in [4.69, 9.17) is 19.2 Å². The SMILES string of the molecule is COc1ccc(C(=O)N2CC3CN(c4ccc(-c5cc(OCCN6C[C@H]7OCC6[C@@H]7C)cn6ncc(C#N)c56)cn4)CC3C2)cn1. The lowest BCUT2D eigenvalue weighted by atomic mass is 10.0. The molecule has 12 nitrogen and oxygen atoms in total. The van der Waals surface area contributed by atoms with Crippen molar-refractivity contribution in [3.8, 4) is 28.8 Å². The standard InChI is InChI=1S/C34H36N8O4/c1-21-29-20-46-30(21)19-39(29)7-8-45-27-9-28(33-24(10-35)13-38-42(33)18-27)22-3-5-31(36-11-22)40-14-25-16-41(17-26(25)15-40)34(43)23-4-6-32(44-2)37-12-23/h3-6,9,11-13,18,21,25-26,29-30H,7-8,14-17,19-20H2,1-2H3/t21-,25?,26?,29?,30+/m0/s1. The van der Waals surface area contributed by atoms with Crippen molar-refractivity contribution in [3.05, 3.63) is 66.2 Å². The molecule has 0 spiro atoms. The van der Waals surface area contributed by atoms with E-state index in [0.717, 1.165) is 68.3 Å². The molecular weight excluding hydrogens is 584 g/mol. The van der Waals surface area contributed by atoms with Crippen LogP contribution in [-0.2, 0) is 4.74 Å². The minimum absolute atomic E-state index is 0.0139. The van der Waals surface area contributed by atoms with Crippen LogP contribution in [0.4, 0.5) is 5.82 Å². The van der Waals surface area contributed by atoms with Gasteiger partial charge >= 0.3 is 0 Å². The van der Waals surface area contributed by atoms with Crippen LogP contribution in [0.2, 0.25) is 0 Å². The van der Waals surface area contributed by atoms with Crippen LogP contribution in [0.1, 0.15) is 22.8 Å². The second-order valence-electron chi connectivity index (χ2n) is 12.8. The maximum Gasteiger partial charge on any atom is 0.255 e. The first-order chi connectivity index (χ1) is 22.5. The molecule has 4 aliphatic heterocycles. The summed E-state index contributed by atoms with van der Waals surface area (Å²) in [6.45, 7) is 8.55. The Balaban J connectivity index is 0.944. The summed E-state index contributed by atoms with van der Waals surface area (Å²) in [7, 11) is 1.56. The molecule has 0 N–H and O–H groups in total. The van der Waals surface area contributed by atoms with Gasteiger partial charge in [-0.3, -0.25) is 9.69 Å². The Hall–Kier alpha value is -4.73. The van der Waals surface area contributed by atoms with Gasteiger partial charge < -0.3 is 24.0 Å². The topological polar surface area (TPSA) is 121 Å². The van der Waals surface area contributed by atoms with E-state index in [0.29, 0.717) is 59.3 Å². The zero-order valence-electron chi connectivity index (χ0n) is 26.0. The smallest absolute Gasteiger partial charge is 0.255 e. The molecule has 46 heavy (non-hydrogen) atoms. The lowest BCUT2D eigenvalue weighted by molar-refractivity contribution is 0.0245. The summed E-state index contributed by atoms with van der Waals surface area (Å²) >= 11 is 0. The van der Waals surface area contributed by atoms with Gasteiger partial charge in [0.15, 0.2) is 0 Å².